The highest BCUT2D eigenvalue weighted by atomic mass is 32.2. The minimum absolute atomic E-state index is 0.00248. The first-order valence-corrected chi connectivity index (χ1v) is 15.7. The third-order valence-corrected chi connectivity index (χ3v) is 9.09. The Bertz CT molecular complexity index is 1420. The minimum Gasteiger partial charge on any atom is -0.480 e. The van der Waals surface area contributed by atoms with Crippen molar-refractivity contribution in [3.8, 4) is 0 Å². The van der Waals surface area contributed by atoms with Crippen LogP contribution in [0.2, 0.25) is 0 Å². The Kier molecular flexibility index (Phi) is 10.7. The maximum atomic E-state index is 13.4. The van der Waals surface area contributed by atoms with Gasteiger partial charge in [0.05, 0.1) is 11.0 Å². The zero-order chi connectivity index (χ0) is 31.0. The van der Waals surface area contributed by atoms with Gasteiger partial charge in [0.25, 0.3) is 0 Å². The molecule has 0 aromatic heterocycles. The highest BCUT2D eigenvalue weighted by Crippen LogP contribution is 2.30. The van der Waals surface area contributed by atoms with Crippen molar-refractivity contribution in [3.05, 3.63) is 60.2 Å². The van der Waals surface area contributed by atoms with Gasteiger partial charge in [-0.15, -0.1) is 0 Å². The molecule has 43 heavy (non-hydrogen) atoms. The van der Waals surface area contributed by atoms with E-state index in [1.807, 2.05) is 0 Å². The topological polar surface area (TPSA) is 179 Å². The summed E-state index contributed by atoms with van der Waals surface area (Å²) < 4.78 is 33.4. The van der Waals surface area contributed by atoms with E-state index >= 15 is 0 Å². The first-order valence-electron chi connectivity index (χ1n) is 14.2. The number of carboxylic acid groups (broad SMARTS) is 1. The number of carbonyl (C=O) groups is 3. The molecule has 5 N–H and O–H groups in total. The molecule has 14 heteroatoms. The highest BCUT2D eigenvalue weighted by molar-refractivity contribution is 7.89. The van der Waals surface area contributed by atoms with Gasteiger partial charge in [-0.1, -0.05) is 30.3 Å². The van der Waals surface area contributed by atoms with Crippen molar-refractivity contribution >= 4 is 39.5 Å². The number of ether oxygens (including phenoxy) is 1. The highest BCUT2D eigenvalue weighted by Gasteiger charge is 2.49. The summed E-state index contributed by atoms with van der Waals surface area (Å²) in [7, 11) is -4.10. The number of carboxylic acids is 1. The standard InChI is InChI=1S/C29H38N6O7S/c1-19-26(35(20(2)42-19)43(40,41)23-8-4-3-5-9-23)27(37)34-24(28(38)39)18-21-11-13-22(14-12-21)33-25(36)10-6-15-30-29-31-16-7-17-32-29/h3-5,8-9,11-14,19-20,24,26H,6-7,10,15-18H2,1-2H3,(H,33,36)(H,34,37)(H,38,39)(H2,30,31,32)/t19?,20?,24-,26-/m0/s1. The van der Waals surface area contributed by atoms with Crippen LogP contribution in [0.3, 0.4) is 0 Å². The van der Waals surface area contributed by atoms with Crippen LogP contribution in [0.25, 0.3) is 0 Å². The molecule has 0 saturated carbocycles. The Balaban J connectivity index is 1.33. The summed E-state index contributed by atoms with van der Waals surface area (Å²) in [5.74, 6) is -1.44. The van der Waals surface area contributed by atoms with Crippen LogP contribution in [-0.2, 0) is 35.6 Å². The van der Waals surface area contributed by atoms with Gasteiger partial charge in [-0.2, -0.15) is 4.31 Å². The normalized spacial score (nSPS) is 21.3. The fourth-order valence-corrected chi connectivity index (χ4v) is 6.76. The van der Waals surface area contributed by atoms with Gasteiger partial charge in [-0.05, 0) is 56.5 Å². The molecule has 13 nitrogen and oxygen atoms in total. The molecule has 2 aliphatic rings. The van der Waals surface area contributed by atoms with Crippen LogP contribution in [0.4, 0.5) is 5.69 Å². The lowest BCUT2D eigenvalue weighted by Gasteiger charge is -2.27. The van der Waals surface area contributed by atoms with Crippen LogP contribution in [-0.4, -0.2) is 85.6 Å². The number of aliphatic carboxylic acids is 1. The predicted octanol–water partition coefficient (Wildman–Crippen LogP) is 1.28. The van der Waals surface area contributed by atoms with E-state index < -0.39 is 46.3 Å². The fraction of sp³-hybridized carbons (Fsp3) is 0.448. The van der Waals surface area contributed by atoms with Gasteiger partial charge in [0.2, 0.25) is 21.8 Å². The Morgan fingerprint density at radius 2 is 1.84 bits per heavy atom. The van der Waals surface area contributed by atoms with E-state index in [1.54, 1.807) is 49.4 Å². The second kappa shape index (κ2) is 14.4. The maximum Gasteiger partial charge on any atom is 0.326 e. The van der Waals surface area contributed by atoms with Gasteiger partial charge < -0.3 is 31.1 Å². The molecule has 2 amide bonds. The Hall–Kier alpha value is -4.01. The number of rotatable bonds is 12. The Morgan fingerprint density at radius 3 is 2.49 bits per heavy atom. The van der Waals surface area contributed by atoms with Gasteiger partial charge in [0, 0.05) is 38.2 Å². The Labute approximate surface area is 251 Å². The lowest BCUT2D eigenvalue weighted by atomic mass is 10.0. The summed E-state index contributed by atoms with van der Waals surface area (Å²) in [5, 5.41) is 21.5. The van der Waals surface area contributed by atoms with Gasteiger partial charge in [-0.25, -0.2) is 13.2 Å². The lowest BCUT2D eigenvalue weighted by Crippen LogP contribution is -2.54. The van der Waals surface area contributed by atoms with Crippen molar-refractivity contribution in [2.45, 2.75) is 68.8 Å². The van der Waals surface area contributed by atoms with Crippen LogP contribution in [0.5, 0.6) is 0 Å². The first-order chi connectivity index (χ1) is 20.6. The van der Waals surface area contributed by atoms with Crippen molar-refractivity contribution in [1.82, 2.24) is 20.3 Å². The molecule has 4 rings (SSSR count). The third-order valence-electron chi connectivity index (χ3n) is 7.14. The van der Waals surface area contributed by atoms with E-state index in [1.165, 1.54) is 19.1 Å². The summed E-state index contributed by atoms with van der Waals surface area (Å²) in [6.07, 6.45) is 0.154. The number of nitrogens with one attached hydrogen (secondary N) is 4. The molecule has 2 unspecified atom stereocenters. The molecule has 0 aliphatic carbocycles. The summed E-state index contributed by atoms with van der Waals surface area (Å²) in [4.78, 5) is 42.1. The zero-order valence-electron chi connectivity index (χ0n) is 24.2. The molecule has 232 valence electrons. The second-order valence-corrected chi connectivity index (χ2v) is 12.3. The summed E-state index contributed by atoms with van der Waals surface area (Å²) in [5.41, 5.74) is 1.16. The number of carbonyl (C=O) groups excluding carboxylic acids is 2. The Morgan fingerprint density at radius 1 is 1.12 bits per heavy atom. The number of aliphatic imine (C=N–C) groups is 1. The molecule has 4 atom stereocenters. The molecule has 0 bridgehead atoms. The van der Waals surface area contributed by atoms with Crippen molar-refractivity contribution in [2.75, 3.05) is 25.0 Å². The van der Waals surface area contributed by atoms with Gasteiger partial charge in [-0.3, -0.25) is 14.6 Å². The van der Waals surface area contributed by atoms with E-state index in [-0.39, 0.29) is 17.2 Å². The van der Waals surface area contributed by atoms with E-state index in [4.69, 9.17) is 4.74 Å². The number of amides is 2. The van der Waals surface area contributed by atoms with Crippen LogP contribution >= 0.6 is 0 Å². The zero-order valence-corrected chi connectivity index (χ0v) is 25.0. The maximum absolute atomic E-state index is 13.4. The largest absolute Gasteiger partial charge is 0.480 e. The van der Waals surface area contributed by atoms with Crippen molar-refractivity contribution in [1.29, 1.82) is 0 Å². The third kappa shape index (κ3) is 8.30. The fourth-order valence-electron chi connectivity index (χ4n) is 5.01. The lowest BCUT2D eigenvalue weighted by molar-refractivity contribution is -0.142. The van der Waals surface area contributed by atoms with E-state index in [2.05, 4.69) is 26.3 Å². The van der Waals surface area contributed by atoms with Gasteiger partial charge >= 0.3 is 5.97 Å². The molecular weight excluding hydrogens is 576 g/mol. The molecule has 2 heterocycles. The van der Waals surface area contributed by atoms with Crippen molar-refractivity contribution in [2.24, 2.45) is 4.99 Å². The molecule has 0 spiro atoms. The van der Waals surface area contributed by atoms with Crippen LogP contribution in [0.1, 0.15) is 38.7 Å². The van der Waals surface area contributed by atoms with Crippen LogP contribution in [0.15, 0.2) is 64.5 Å². The molecule has 2 aromatic carbocycles. The quantitative estimate of drug-likeness (QED) is 0.220. The van der Waals surface area contributed by atoms with E-state index in [0.717, 1.165) is 29.8 Å². The average molecular weight is 615 g/mol. The molecule has 2 aliphatic heterocycles. The van der Waals surface area contributed by atoms with E-state index in [0.29, 0.717) is 30.6 Å². The molecular formula is C29H38N6O7S. The average Bonchev–Trinajstić information content (AvgIpc) is 3.31. The van der Waals surface area contributed by atoms with Gasteiger partial charge in [0.15, 0.2) is 5.96 Å². The number of anilines is 1. The van der Waals surface area contributed by atoms with E-state index in [9.17, 15) is 27.9 Å². The number of hydrogen-bond donors (Lipinski definition) is 5. The van der Waals surface area contributed by atoms with Crippen LogP contribution < -0.4 is 21.3 Å². The monoisotopic (exact) mass is 614 g/mol. The molecule has 2 aromatic rings. The number of guanidine groups is 1. The molecule has 1 fully saturated rings. The summed E-state index contributed by atoms with van der Waals surface area (Å²) in [6, 6.07) is 11.8. The summed E-state index contributed by atoms with van der Waals surface area (Å²) in [6.45, 7) is 5.38. The number of benzene rings is 2. The SMILES string of the molecule is CC1OC(C)N(S(=O)(=O)c2ccccc2)[C@@H]1C(=O)N[C@@H](Cc1ccc(NC(=O)CCCNC2=NCCCN2)cc1)C(=O)O. The number of hydrogen-bond acceptors (Lipinski definition) is 9. The van der Waals surface area contributed by atoms with Crippen molar-refractivity contribution < 1.29 is 32.6 Å². The number of nitrogens with zero attached hydrogens (tertiary/aromatic N) is 2. The minimum atomic E-state index is -4.10. The van der Waals surface area contributed by atoms with Gasteiger partial charge in [0.1, 0.15) is 18.3 Å². The van der Waals surface area contributed by atoms with Crippen LogP contribution in [0, 0.1) is 0 Å². The van der Waals surface area contributed by atoms with Crippen molar-refractivity contribution in [3.63, 3.8) is 0 Å². The first kappa shape index (κ1) is 31.9. The smallest absolute Gasteiger partial charge is 0.326 e. The number of sulfonamides is 1. The second-order valence-electron chi connectivity index (χ2n) is 10.4. The predicted molar refractivity (Wildman–Crippen MR) is 160 cm³/mol. The summed E-state index contributed by atoms with van der Waals surface area (Å²) >= 11 is 0. The molecule has 1 saturated heterocycles. The molecule has 0 radical (unpaired) electrons.